The van der Waals surface area contributed by atoms with Crippen molar-refractivity contribution in [1.82, 2.24) is 29.5 Å². The first kappa shape index (κ1) is 23.2. The fourth-order valence-electron chi connectivity index (χ4n) is 5.75. The van der Waals surface area contributed by atoms with Crippen LogP contribution in [0.1, 0.15) is 0 Å². The van der Waals surface area contributed by atoms with Crippen LogP contribution in [0.3, 0.4) is 0 Å². The Morgan fingerprint density at radius 2 is 1.12 bits per heavy atom. The summed E-state index contributed by atoms with van der Waals surface area (Å²) in [5.74, 6) is 0. The molecule has 3 aromatic heterocycles. The standard InChI is InChI=1S/C29H17ClN6O3S/c30-28-31-33-29(34-32-28)39-17-13-35-24(37)18-9-1-5-15-7-3-11-20(22(15)18)26(35)40-27-21-12-4-8-16-6-2-10-19(23(16)21)25(38)36(27)14-17/h1-12,17H,13-14H2. The SMILES string of the molecule is O=c1c2cccc3cccc(c4n1CC(Oc1nnc(Cl)nn1)Cn1c(=O)c5cccc6cccc(c1=S=4)c65)c32. The molecule has 0 bridgehead atoms. The van der Waals surface area contributed by atoms with Crippen LogP contribution in [-0.4, -0.2) is 35.6 Å². The monoisotopic (exact) mass is 564 g/mol. The molecule has 7 aromatic rings. The number of halogens is 1. The van der Waals surface area contributed by atoms with Crippen molar-refractivity contribution in [2.75, 3.05) is 0 Å². The first-order valence-electron chi connectivity index (χ1n) is 12.6. The third-order valence-corrected chi connectivity index (χ3v) is 8.80. The summed E-state index contributed by atoms with van der Waals surface area (Å²) in [5.41, 5.74) is -0.271. The lowest BCUT2D eigenvalue weighted by molar-refractivity contribution is 0.139. The Hall–Kier alpha value is -4.67. The van der Waals surface area contributed by atoms with E-state index < -0.39 is 6.10 Å². The van der Waals surface area contributed by atoms with Crippen LogP contribution in [0, 0.1) is 9.28 Å². The number of ether oxygens (including phenoxy) is 1. The van der Waals surface area contributed by atoms with E-state index >= 15 is 0 Å². The van der Waals surface area contributed by atoms with E-state index in [0.717, 1.165) is 41.6 Å². The zero-order chi connectivity index (χ0) is 27.0. The molecule has 0 spiro atoms. The topological polar surface area (TPSA) is 105 Å². The number of rotatable bonds is 2. The number of hydrogen-bond acceptors (Lipinski definition) is 7. The van der Waals surface area contributed by atoms with Gasteiger partial charge in [0.2, 0.25) is 0 Å². The highest BCUT2D eigenvalue weighted by Gasteiger charge is 2.23. The smallest absolute Gasteiger partial charge is 0.355 e. The molecule has 0 saturated carbocycles. The van der Waals surface area contributed by atoms with Gasteiger partial charge in [0.15, 0.2) is 0 Å². The van der Waals surface area contributed by atoms with Gasteiger partial charge in [0.1, 0.15) is 15.4 Å². The number of aromatic nitrogens is 6. The van der Waals surface area contributed by atoms with Crippen molar-refractivity contribution in [3.63, 3.8) is 0 Å². The van der Waals surface area contributed by atoms with Crippen LogP contribution in [0.2, 0.25) is 5.28 Å². The lowest BCUT2D eigenvalue weighted by atomic mass is 10.0. The third-order valence-electron chi connectivity index (χ3n) is 7.39. The van der Waals surface area contributed by atoms with Gasteiger partial charge in [-0.1, -0.05) is 81.8 Å². The predicted molar refractivity (Wildman–Crippen MR) is 155 cm³/mol. The molecule has 0 unspecified atom stereocenters. The van der Waals surface area contributed by atoms with E-state index in [-0.39, 0.29) is 35.5 Å². The summed E-state index contributed by atoms with van der Waals surface area (Å²) < 4.78 is 11.1. The second-order valence-corrected chi connectivity index (χ2v) is 11.0. The van der Waals surface area contributed by atoms with Crippen molar-refractivity contribution in [2.24, 2.45) is 0 Å². The van der Waals surface area contributed by atoms with Gasteiger partial charge in [0, 0.05) is 32.3 Å². The molecular weight excluding hydrogens is 548 g/mol. The first-order valence-corrected chi connectivity index (χ1v) is 13.8. The number of nitrogens with zero attached hydrogens (tertiary/aromatic N) is 6. The maximum absolute atomic E-state index is 14.0. The molecule has 4 heterocycles. The van der Waals surface area contributed by atoms with E-state index in [9.17, 15) is 9.59 Å². The van der Waals surface area contributed by atoms with Crippen molar-refractivity contribution in [3.8, 4) is 6.01 Å². The normalized spacial score (nSPS) is 15.1. The first-order chi connectivity index (χ1) is 19.6. The average Bonchev–Trinajstić information content (AvgIpc) is 2.97. The van der Waals surface area contributed by atoms with Crippen LogP contribution in [0.15, 0.2) is 82.4 Å². The Labute approximate surface area is 232 Å². The molecule has 0 saturated heterocycles. The van der Waals surface area contributed by atoms with Gasteiger partial charge >= 0.3 is 6.01 Å². The van der Waals surface area contributed by atoms with Crippen LogP contribution in [0.5, 0.6) is 6.01 Å². The van der Waals surface area contributed by atoms with Crippen LogP contribution in [0.4, 0.5) is 0 Å². The molecule has 0 aliphatic carbocycles. The van der Waals surface area contributed by atoms with E-state index in [1.807, 2.05) is 72.8 Å². The Morgan fingerprint density at radius 3 is 1.60 bits per heavy atom. The Morgan fingerprint density at radius 1 is 0.675 bits per heavy atom. The lowest BCUT2D eigenvalue weighted by Crippen LogP contribution is -2.38. The van der Waals surface area contributed by atoms with E-state index in [1.54, 1.807) is 9.13 Å². The van der Waals surface area contributed by atoms with Crippen molar-refractivity contribution >= 4 is 65.6 Å². The summed E-state index contributed by atoms with van der Waals surface area (Å²) in [4.78, 5) is 28.1. The molecule has 0 fully saturated rings. The van der Waals surface area contributed by atoms with E-state index in [2.05, 4.69) is 20.4 Å². The van der Waals surface area contributed by atoms with Crippen LogP contribution in [0.25, 0.3) is 43.1 Å². The highest BCUT2D eigenvalue weighted by atomic mass is 35.5. The van der Waals surface area contributed by atoms with E-state index in [4.69, 9.17) is 16.3 Å². The minimum atomic E-state index is -0.697. The third kappa shape index (κ3) is 3.39. The maximum Gasteiger partial charge on any atom is 0.355 e. The molecule has 0 N–H and O–H groups in total. The predicted octanol–water partition coefficient (Wildman–Crippen LogP) is 4.69. The van der Waals surface area contributed by atoms with Crippen molar-refractivity contribution in [1.29, 1.82) is 0 Å². The molecule has 194 valence electrons. The highest BCUT2D eigenvalue weighted by Crippen LogP contribution is 2.29. The molecule has 4 aromatic carbocycles. The summed E-state index contributed by atoms with van der Waals surface area (Å²) in [6.07, 6.45) is -0.697. The van der Waals surface area contributed by atoms with Gasteiger partial charge in [-0.2, -0.15) is 0 Å². The van der Waals surface area contributed by atoms with Crippen LogP contribution in [-0.2, 0) is 13.1 Å². The fourth-order valence-corrected chi connectivity index (χ4v) is 7.10. The average molecular weight is 565 g/mol. The fraction of sp³-hybridized carbons (Fsp3) is 0.103. The van der Waals surface area contributed by atoms with Gasteiger partial charge in [-0.3, -0.25) is 18.7 Å². The zero-order valence-corrected chi connectivity index (χ0v) is 22.2. The Balaban J connectivity index is 1.59. The lowest BCUT2D eigenvalue weighted by Gasteiger charge is -2.23. The molecule has 8 rings (SSSR count). The number of benzene rings is 4. The summed E-state index contributed by atoms with van der Waals surface area (Å²) >= 11 is 5.78. The maximum atomic E-state index is 14.0. The van der Waals surface area contributed by atoms with Gasteiger partial charge in [-0.15, -0.1) is 10.2 Å². The number of fused-ring (bicyclic) bond motifs is 4. The molecule has 1 aliphatic rings. The molecular formula is C29H17ClN6O3S. The van der Waals surface area contributed by atoms with Gasteiger partial charge in [0.05, 0.1) is 13.1 Å². The highest BCUT2D eigenvalue weighted by molar-refractivity contribution is 7.83. The molecule has 0 amide bonds. The molecule has 0 atom stereocenters. The van der Waals surface area contributed by atoms with Gasteiger partial charge in [0.25, 0.3) is 16.4 Å². The zero-order valence-electron chi connectivity index (χ0n) is 20.6. The van der Waals surface area contributed by atoms with Crippen LogP contribution >= 0.6 is 22.5 Å². The van der Waals surface area contributed by atoms with Gasteiger partial charge in [-0.25, -0.2) is 0 Å². The summed E-state index contributed by atoms with van der Waals surface area (Å²) in [6, 6.07) is 23.4. The summed E-state index contributed by atoms with van der Waals surface area (Å²) in [6.45, 7) is 0.307. The Bertz CT molecular complexity index is 2270. The molecule has 11 heteroatoms. The summed E-state index contributed by atoms with van der Waals surface area (Å²) in [7, 11) is 1.44. The number of pyridine rings is 2. The van der Waals surface area contributed by atoms with Gasteiger partial charge < -0.3 is 4.74 Å². The minimum Gasteiger partial charge on any atom is -0.454 e. The molecule has 0 radical (unpaired) electrons. The minimum absolute atomic E-state index is 0.0929. The van der Waals surface area contributed by atoms with Crippen molar-refractivity contribution in [3.05, 3.63) is 108 Å². The summed E-state index contributed by atoms with van der Waals surface area (Å²) in [5, 5.41) is 22.0. The molecule has 9 nitrogen and oxygen atoms in total. The van der Waals surface area contributed by atoms with E-state index in [0.29, 0.717) is 10.8 Å². The second-order valence-electron chi connectivity index (χ2n) is 9.65. The van der Waals surface area contributed by atoms with Crippen LogP contribution < -0.4 is 15.9 Å². The van der Waals surface area contributed by atoms with Crippen molar-refractivity contribution in [2.45, 2.75) is 19.2 Å². The molecule has 40 heavy (non-hydrogen) atoms. The second kappa shape index (κ2) is 8.67. The Kier molecular flexibility index (Phi) is 5.04. The van der Waals surface area contributed by atoms with E-state index in [1.165, 1.54) is 10.9 Å². The quantitative estimate of drug-likeness (QED) is 0.280. The number of hydrogen-bond donors (Lipinski definition) is 0. The largest absolute Gasteiger partial charge is 0.454 e. The van der Waals surface area contributed by atoms with Gasteiger partial charge in [-0.05, 0) is 34.5 Å². The van der Waals surface area contributed by atoms with Crippen molar-refractivity contribution < 1.29 is 4.74 Å². The molecule has 1 aliphatic heterocycles.